The molecule has 0 saturated heterocycles. The molecule has 8 nitrogen and oxygen atoms in total. The van der Waals surface area contributed by atoms with E-state index in [0.717, 1.165) is 0 Å². The summed E-state index contributed by atoms with van der Waals surface area (Å²) < 4.78 is 8.66. The molecule has 0 heterocycles. The molecule has 0 aromatic carbocycles. The van der Waals surface area contributed by atoms with Gasteiger partial charge in [0.1, 0.15) is 0 Å². The molecule has 0 unspecified atom stereocenters. The molecule has 12 heteroatoms. The molecule has 0 spiro atoms. The van der Waals surface area contributed by atoms with E-state index in [0.29, 0.717) is 0 Å². The molecule has 0 aliphatic rings. The summed E-state index contributed by atoms with van der Waals surface area (Å²) in [5.41, 5.74) is 0. The van der Waals surface area contributed by atoms with Crippen LogP contribution in [0.2, 0.25) is 0 Å². The molecule has 12 heavy (non-hydrogen) atoms. The molecule has 0 fully saturated rings. The third-order valence-corrected chi connectivity index (χ3v) is 0. The van der Waals surface area contributed by atoms with Crippen LogP contribution < -0.4 is 29.0 Å². The molecular formula is HBaO8PSiZr. The largest absolute Gasteiger partial charge is 4.00 e. The molecule has 0 aromatic rings. The SMILES string of the molecule is O=P([O-])([O-])O.[Ba+2].[O-][Si]([O-])([O-])[O-].[Zr+4]. The summed E-state index contributed by atoms with van der Waals surface area (Å²) in [5, 5.41) is 0. The zero-order valence-corrected chi connectivity index (χ0v) is 14.3. The predicted molar refractivity (Wildman–Crippen MR) is 21.3 cm³/mol. The van der Waals surface area contributed by atoms with Crippen LogP contribution >= 0.6 is 7.82 Å². The smallest absolute Gasteiger partial charge is 0.894 e. The van der Waals surface area contributed by atoms with E-state index in [1.165, 1.54) is 0 Å². The zero-order chi connectivity index (χ0) is 9.00. The first kappa shape index (κ1) is 24.0. The van der Waals surface area contributed by atoms with Crippen LogP contribution in [0.25, 0.3) is 0 Å². The molecule has 0 saturated carbocycles. The van der Waals surface area contributed by atoms with Crippen molar-refractivity contribution in [2.45, 2.75) is 0 Å². The van der Waals surface area contributed by atoms with Gasteiger partial charge in [-0.05, 0) is 0 Å². The minimum Gasteiger partial charge on any atom is -0.894 e. The third-order valence-electron chi connectivity index (χ3n) is 0. The number of phosphoric acid groups is 1. The molecule has 0 aliphatic heterocycles. The fourth-order valence-corrected chi connectivity index (χ4v) is 0. The maximum Gasteiger partial charge on any atom is 4.00 e. The van der Waals surface area contributed by atoms with Crippen molar-refractivity contribution in [1.29, 1.82) is 0 Å². The van der Waals surface area contributed by atoms with Crippen LogP contribution in [-0.4, -0.2) is 62.8 Å². The second-order valence-electron chi connectivity index (χ2n) is 0.969. The van der Waals surface area contributed by atoms with Gasteiger partial charge in [-0.3, -0.25) is 0 Å². The van der Waals surface area contributed by atoms with Crippen molar-refractivity contribution in [3.63, 3.8) is 0 Å². The fourth-order valence-electron chi connectivity index (χ4n) is 0. The quantitative estimate of drug-likeness (QED) is 0.299. The first-order valence-corrected chi connectivity index (χ1v) is 4.69. The van der Waals surface area contributed by atoms with E-state index >= 15 is 0 Å². The van der Waals surface area contributed by atoms with Gasteiger partial charge in [-0.25, -0.2) is 0 Å². The van der Waals surface area contributed by atoms with Crippen LogP contribution in [0.1, 0.15) is 0 Å². The van der Waals surface area contributed by atoms with Crippen LogP contribution in [0, 0.1) is 0 Å². The zero-order valence-electron chi connectivity index (χ0n) is 5.46. The van der Waals surface area contributed by atoms with Gasteiger partial charge in [0.25, 0.3) is 0 Å². The molecule has 0 rings (SSSR count). The monoisotopic (exact) mass is 416 g/mol. The molecule has 0 aromatic heterocycles. The van der Waals surface area contributed by atoms with E-state index in [1.54, 1.807) is 0 Å². The van der Waals surface area contributed by atoms with Crippen LogP contribution in [0.3, 0.4) is 0 Å². The van der Waals surface area contributed by atoms with Crippen molar-refractivity contribution in [3.05, 3.63) is 0 Å². The summed E-state index contributed by atoms with van der Waals surface area (Å²) in [6.45, 7) is 0. The van der Waals surface area contributed by atoms with E-state index in [-0.39, 0.29) is 75.1 Å². The molecule has 1 N–H and O–H groups in total. The van der Waals surface area contributed by atoms with E-state index in [4.69, 9.17) is 38.4 Å². The van der Waals surface area contributed by atoms with Crippen LogP contribution in [0.5, 0.6) is 0 Å². The van der Waals surface area contributed by atoms with Gasteiger partial charge < -0.3 is 47.5 Å². The van der Waals surface area contributed by atoms with Gasteiger partial charge in [-0.2, -0.15) is 0 Å². The van der Waals surface area contributed by atoms with Crippen LogP contribution in [0.15, 0.2) is 0 Å². The Labute approximate surface area is 128 Å². The summed E-state index contributed by atoms with van der Waals surface area (Å²) in [6, 6.07) is 0. The molecule has 64 valence electrons. The Balaban J connectivity index is -0.0000000457. The van der Waals surface area contributed by atoms with Crippen LogP contribution in [0.4, 0.5) is 0 Å². The summed E-state index contributed by atoms with van der Waals surface area (Å²) >= 11 is 0. The van der Waals surface area contributed by atoms with Crippen molar-refractivity contribution in [2.75, 3.05) is 0 Å². The van der Waals surface area contributed by atoms with Gasteiger partial charge in [-0.1, -0.05) is 0 Å². The Morgan fingerprint density at radius 1 is 1.08 bits per heavy atom. The molecule has 0 atom stereocenters. The Hall–Kier alpha value is 2.62. The maximum atomic E-state index is 8.66. The van der Waals surface area contributed by atoms with Gasteiger partial charge >= 0.3 is 75.1 Å². The first-order valence-electron chi connectivity index (χ1n) is 1.56. The number of hydrogen-bond donors (Lipinski definition) is 1. The van der Waals surface area contributed by atoms with Gasteiger partial charge in [0.2, 0.25) is 0 Å². The van der Waals surface area contributed by atoms with E-state index in [9.17, 15) is 0 Å². The van der Waals surface area contributed by atoms with Crippen molar-refractivity contribution < 1.29 is 64.6 Å². The summed E-state index contributed by atoms with van der Waals surface area (Å²) in [6.07, 6.45) is 0. The van der Waals surface area contributed by atoms with Gasteiger partial charge in [0.15, 0.2) is 0 Å². The molecule has 0 bridgehead atoms. The maximum absolute atomic E-state index is 8.66. The Kier molecular flexibility index (Phi) is 20.3. The van der Waals surface area contributed by atoms with Crippen molar-refractivity contribution in [3.8, 4) is 0 Å². The Morgan fingerprint density at radius 3 is 1.08 bits per heavy atom. The average molecular weight is 417 g/mol. The second-order valence-corrected chi connectivity index (χ2v) is 2.91. The Morgan fingerprint density at radius 2 is 1.08 bits per heavy atom. The molecular weight excluding hydrogens is 416 g/mol. The van der Waals surface area contributed by atoms with Gasteiger partial charge in [-0.15, -0.1) is 0 Å². The first-order chi connectivity index (χ1) is 4.00. The topological polar surface area (TPSA) is 176 Å². The standard InChI is InChI=1S/Ba.H3O4P.O4Si.Zr/c;2*1-5(2,3)4;/h;(H3,1,2,3,4);;/q+2;;-4;+4/p-2. The van der Waals surface area contributed by atoms with E-state index in [2.05, 4.69) is 0 Å². The predicted octanol–water partition coefficient (Wildman–Crippen LogP) is -7.71. The van der Waals surface area contributed by atoms with Gasteiger partial charge in [0.05, 0.1) is 7.82 Å². The van der Waals surface area contributed by atoms with E-state index < -0.39 is 16.9 Å². The molecule has 0 amide bonds. The minimum atomic E-state index is -5.61. The van der Waals surface area contributed by atoms with Gasteiger partial charge in [0, 0.05) is 0 Å². The number of rotatable bonds is 0. The summed E-state index contributed by atoms with van der Waals surface area (Å²) in [4.78, 5) is 58.6. The van der Waals surface area contributed by atoms with Crippen molar-refractivity contribution >= 4 is 65.8 Å². The fraction of sp³-hybridized carbons (Fsp3) is 0. The normalized spacial score (nSPS) is 9.92. The van der Waals surface area contributed by atoms with E-state index in [1.807, 2.05) is 0 Å². The molecule has 0 aliphatic carbocycles. The third kappa shape index (κ3) is 248. The minimum absolute atomic E-state index is 0. The van der Waals surface area contributed by atoms with Crippen LogP contribution in [-0.2, 0) is 30.8 Å². The summed E-state index contributed by atoms with van der Waals surface area (Å²) in [7, 11) is -10.8. The average Bonchev–Trinajstić information content (AvgIpc) is 1.12. The van der Waals surface area contributed by atoms with Crippen molar-refractivity contribution in [1.82, 2.24) is 0 Å². The van der Waals surface area contributed by atoms with Crippen molar-refractivity contribution in [2.24, 2.45) is 0 Å². The summed E-state index contributed by atoms with van der Waals surface area (Å²) in [5.74, 6) is 0. The number of hydrogen-bond acceptors (Lipinski definition) is 7. The second kappa shape index (κ2) is 10.1. The molecule has 0 radical (unpaired) electrons. The Bertz CT molecular complexity index is 111.